The van der Waals surface area contributed by atoms with Crippen LogP contribution in [0.1, 0.15) is 25.7 Å². The molecule has 90 valence electrons. The lowest BCUT2D eigenvalue weighted by Crippen LogP contribution is -2.38. The number of rotatable bonds is 0. The SMILES string of the molecule is O=C1O[C@H](O)[C@@H]2CC3(CC[C@H]12)SCCCS3. The van der Waals surface area contributed by atoms with E-state index in [-0.39, 0.29) is 21.9 Å². The van der Waals surface area contributed by atoms with Gasteiger partial charge in [-0.15, -0.1) is 23.5 Å². The zero-order chi connectivity index (χ0) is 11.2. The molecule has 0 amide bonds. The molecular formula is C11H16O3S2. The van der Waals surface area contributed by atoms with E-state index in [4.69, 9.17) is 4.74 Å². The van der Waals surface area contributed by atoms with Crippen LogP contribution >= 0.6 is 23.5 Å². The van der Waals surface area contributed by atoms with Gasteiger partial charge in [-0.1, -0.05) is 0 Å². The highest BCUT2D eigenvalue weighted by atomic mass is 32.2. The molecule has 3 atom stereocenters. The Morgan fingerprint density at radius 2 is 2.12 bits per heavy atom. The van der Waals surface area contributed by atoms with Gasteiger partial charge in [0.1, 0.15) is 0 Å². The zero-order valence-corrected chi connectivity index (χ0v) is 10.7. The van der Waals surface area contributed by atoms with Gasteiger partial charge in [0.2, 0.25) is 6.29 Å². The summed E-state index contributed by atoms with van der Waals surface area (Å²) in [6.07, 6.45) is 3.34. The van der Waals surface area contributed by atoms with Gasteiger partial charge in [-0.2, -0.15) is 0 Å². The van der Waals surface area contributed by atoms with Crippen molar-refractivity contribution in [1.29, 1.82) is 0 Å². The summed E-state index contributed by atoms with van der Waals surface area (Å²) < 4.78 is 5.20. The topological polar surface area (TPSA) is 46.5 Å². The quantitative estimate of drug-likeness (QED) is 0.673. The first-order valence-electron chi connectivity index (χ1n) is 5.87. The van der Waals surface area contributed by atoms with Crippen LogP contribution in [0.15, 0.2) is 0 Å². The minimum Gasteiger partial charge on any atom is -0.435 e. The van der Waals surface area contributed by atoms with Crippen molar-refractivity contribution in [2.45, 2.75) is 36.1 Å². The third-order valence-electron chi connectivity index (χ3n) is 3.82. The van der Waals surface area contributed by atoms with Crippen LogP contribution in [-0.2, 0) is 9.53 Å². The first-order valence-corrected chi connectivity index (χ1v) is 7.84. The molecule has 1 N–H and O–H groups in total. The normalized spacial score (nSPS) is 41.8. The Labute approximate surface area is 104 Å². The molecule has 0 bridgehead atoms. The van der Waals surface area contributed by atoms with Crippen LogP contribution in [0, 0.1) is 11.8 Å². The van der Waals surface area contributed by atoms with E-state index in [1.165, 1.54) is 17.9 Å². The zero-order valence-electron chi connectivity index (χ0n) is 9.05. The second-order valence-corrected chi connectivity index (χ2v) is 8.02. The van der Waals surface area contributed by atoms with Gasteiger partial charge in [0, 0.05) is 5.92 Å². The van der Waals surface area contributed by atoms with E-state index in [0.717, 1.165) is 19.3 Å². The summed E-state index contributed by atoms with van der Waals surface area (Å²) in [6.45, 7) is 0. The number of cyclic esters (lactones) is 1. The highest BCUT2D eigenvalue weighted by Crippen LogP contribution is 2.56. The van der Waals surface area contributed by atoms with Crippen molar-refractivity contribution in [3.8, 4) is 0 Å². The van der Waals surface area contributed by atoms with Gasteiger partial charge in [-0.25, -0.2) is 0 Å². The fourth-order valence-electron chi connectivity index (χ4n) is 2.96. The van der Waals surface area contributed by atoms with Crippen molar-refractivity contribution >= 4 is 29.5 Å². The predicted molar refractivity (Wildman–Crippen MR) is 65.2 cm³/mol. The number of hydrogen-bond donors (Lipinski definition) is 1. The standard InChI is InChI=1S/C11H16O3S2/c12-9-7-2-3-11(15-4-1-5-16-11)6-8(7)10(13)14-9/h7-8,10,13H,1-6H2/t7-,8+,10-/m0/s1. The number of hydrogen-bond acceptors (Lipinski definition) is 5. The van der Waals surface area contributed by atoms with Crippen LogP contribution in [-0.4, -0.2) is 33.0 Å². The average molecular weight is 260 g/mol. The van der Waals surface area contributed by atoms with Crippen molar-refractivity contribution in [2.75, 3.05) is 11.5 Å². The molecule has 2 aliphatic heterocycles. The van der Waals surface area contributed by atoms with Crippen molar-refractivity contribution in [1.82, 2.24) is 0 Å². The maximum Gasteiger partial charge on any atom is 0.311 e. The van der Waals surface area contributed by atoms with Crippen LogP contribution in [0.5, 0.6) is 0 Å². The number of fused-ring (bicyclic) bond motifs is 1. The molecule has 1 aliphatic carbocycles. The fourth-order valence-corrected chi connectivity index (χ4v) is 6.44. The first-order chi connectivity index (χ1) is 7.70. The third-order valence-corrected chi connectivity index (χ3v) is 7.31. The molecule has 0 aromatic heterocycles. The summed E-state index contributed by atoms with van der Waals surface area (Å²) in [7, 11) is 0. The summed E-state index contributed by atoms with van der Waals surface area (Å²) >= 11 is 4.05. The molecule has 0 radical (unpaired) electrons. The molecule has 16 heavy (non-hydrogen) atoms. The smallest absolute Gasteiger partial charge is 0.311 e. The molecule has 1 saturated carbocycles. The largest absolute Gasteiger partial charge is 0.435 e. The Hall–Kier alpha value is 0.130. The van der Waals surface area contributed by atoms with Crippen LogP contribution in [0.25, 0.3) is 0 Å². The highest BCUT2D eigenvalue weighted by molar-refractivity contribution is 8.18. The lowest BCUT2D eigenvalue weighted by Gasteiger charge is -2.42. The Morgan fingerprint density at radius 3 is 2.88 bits per heavy atom. The third kappa shape index (κ3) is 1.77. The van der Waals surface area contributed by atoms with Gasteiger partial charge in [0.05, 0.1) is 10.00 Å². The number of esters is 1. The maximum atomic E-state index is 11.5. The lowest BCUT2D eigenvalue weighted by molar-refractivity contribution is -0.156. The Morgan fingerprint density at radius 1 is 1.38 bits per heavy atom. The Kier molecular flexibility index (Phi) is 2.88. The number of aliphatic hydroxyl groups excluding tert-OH is 1. The Bertz CT molecular complexity index is 302. The maximum absolute atomic E-state index is 11.5. The molecule has 3 fully saturated rings. The minimum absolute atomic E-state index is 0.0382. The van der Waals surface area contributed by atoms with Crippen molar-refractivity contribution in [3.63, 3.8) is 0 Å². The summed E-state index contributed by atoms with van der Waals surface area (Å²) in [5.74, 6) is 2.26. The fraction of sp³-hybridized carbons (Fsp3) is 0.909. The number of aliphatic hydroxyl groups is 1. The first kappa shape index (κ1) is 11.2. The van der Waals surface area contributed by atoms with E-state index in [1.807, 2.05) is 23.5 Å². The molecule has 5 heteroatoms. The van der Waals surface area contributed by atoms with Gasteiger partial charge in [0.15, 0.2) is 0 Å². The van der Waals surface area contributed by atoms with Gasteiger partial charge >= 0.3 is 5.97 Å². The second kappa shape index (κ2) is 4.10. The van der Waals surface area contributed by atoms with Crippen LogP contribution in [0.4, 0.5) is 0 Å². The summed E-state index contributed by atoms with van der Waals surface area (Å²) in [5.41, 5.74) is 0. The van der Waals surface area contributed by atoms with E-state index in [2.05, 4.69) is 0 Å². The highest BCUT2D eigenvalue weighted by Gasteiger charge is 2.52. The van der Waals surface area contributed by atoms with E-state index < -0.39 is 6.29 Å². The van der Waals surface area contributed by atoms with Crippen LogP contribution in [0.2, 0.25) is 0 Å². The lowest BCUT2D eigenvalue weighted by atomic mass is 9.80. The van der Waals surface area contributed by atoms with Gasteiger partial charge in [-0.05, 0) is 37.2 Å². The minimum atomic E-state index is -0.849. The van der Waals surface area contributed by atoms with E-state index in [9.17, 15) is 9.90 Å². The molecule has 0 unspecified atom stereocenters. The van der Waals surface area contributed by atoms with Gasteiger partial charge in [0.25, 0.3) is 0 Å². The molecule has 3 rings (SSSR count). The predicted octanol–water partition coefficient (Wildman–Crippen LogP) is 1.84. The molecule has 1 spiro atoms. The van der Waals surface area contributed by atoms with E-state index in [1.54, 1.807) is 0 Å². The summed E-state index contributed by atoms with van der Waals surface area (Å²) in [4.78, 5) is 11.5. The number of carbonyl (C=O) groups is 1. The number of ether oxygens (including phenoxy) is 1. The molecule has 2 saturated heterocycles. The van der Waals surface area contributed by atoms with Crippen molar-refractivity contribution in [2.24, 2.45) is 11.8 Å². The molecule has 3 nitrogen and oxygen atoms in total. The molecule has 2 heterocycles. The monoisotopic (exact) mass is 260 g/mol. The second-order valence-electron chi connectivity index (χ2n) is 4.80. The molecule has 3 aliphatic rings. The average Bonchev–Trinajstić information content (AvgIpc) is 2.55. The molecular weight excluding hydrogens is 244 g/mol. The summed E-state index contributed by atoms with van der Waals surface area (Å²) in [6, 6.07) is 0. The number of carbonyl (C=O) groups excluding carboxylic acids is 1. The van der Waals surface area contributed by atoms with Crippen molar-refractivity contribution < 1.29 is 14.6 Å². The Balaban J connectivity index is 1.76. The summed E-state index contributed by atoms with van der Waals surface area (Å²) in [5, 5.41) is 9.75. The molecule has 0 aromatic rings. The van der Waals surface area contributed by atoms with Crippen molar-refractivity contribution in [3.05, 3.63) is 0 Å². The number of thioether (sulfide) groups is 2. The van der Waals surface area contributed by atoms with Gasteiger partial charge < -0.3 is 9.84 Å². The van der Waals surface area contributed by atoms with E-state index >= 15 is 0 Å². The van der Waals surface area contributed by atoms with Gasteiger partial charge in [-0.3, -0.25) is 4.79 Å². The van der Waals surface area contributed by atoms with E-state index in [0.29, 0.717) is 0 Å². The van der Waals surface area contributed by atoms with Crippen LogP contribution in [0.3, 0.4) is 0 Å². The molecule has 0 aromatic carbocycles. The van der Waals surface area contributed by atoms with Crippen LogP contribution < -0.4 is 0 Å².